The van der Waals surface area contributed by atoms with Gasteiger partial charge in [0.25, 0.3) is 11.8 Å². The zero-order chi connectivity index (χ0) is 49.6. The Kier molecular flexibility index (Phi) is 16.8. The molecule has 8 rings (SSSR count). The predicted octanol–water partition coefficient (Wildman–Crippen LogP) is 8.54. The van der Waals surface area contributed by atoms with Gasteiger partial charge < -0.3 is 46.1 Å². The fourth-order valence-corrected chi connectivity index (χ4v) is 8.03. The number of amides is 3. The van der Waals surface area contributed by atoms with E-state index in [1.54, 1.807) is 135 Å². The maximum absolute atomic E-state index is 12.9. The van der Waals surface area contributed by atoms with Crippen molar-refractivity contribution in [1.29, 1.82) is 0 Å². The number of nitrogens with one attached hydrogen (secondary N) is 4. The van der Waals surface area contributed by atoms with Crippen LogP contribution in [0.25, 0.3) is 21.8 Å². The van der Waals surface area contributed by atoms with E-state index in [0.29, 0.717) is 76.9 Å². The Morgan fingerprint density at radius 1 is 0.586 bits per heavy atom. The second-order valence-corrected chi connectivity index (χ2v) is 16.4. The van der Waals surface area contributed by atoms with Crippen molar-refractivity contribution in [2.45, 2.75) is 18.5 Å². The molecular formula is C53H46Cl2N6O9. The highest BCUT2D eigenvalue weighted by molar-refractivity contribution is 6.36. The molecule has 6 aromatic carbocycles. The molecule has 0 fully saturated rings. The third-order valence-electron chi connectivity index (χ3n) is 10.6. The van der Waals surface area contributed by atoms with E-state index in [4.69, 9.17) is 32.7 Å². The van der Waals surface area contributed by atoms with Gasteiger partial charge in [-0.3, -0.25) is 29.1 Å². The van der Waals surface area contributed by atoms with Gasteiger partial charge in [-0.15, -0.1) is 0 Å². The lowest BCUT2D eigenvalue weighted by molar-refractivity contribution is -0.136. The van der Waals surface area contributed by atoms with Crippen LogP contribution in [0.1, 0.15) is 39.9 Å². The second-order valence-electron chi connectivity index (χ2n) is 15.6. The van der Waals surface area contributed by atoms with Crippen LogP contribution >= 0.6 is 23.2 Å². The number of halogens is 2. The van der Waals surface area contributed by atoms with E-state index in [0.717, 1.165) is 0 Å². The average molecular weight is 982 g/mol. The Morgan fingerprint density at radius 2 is 1.07 bits per heavy atom. The number of aliphatic carboxylic acids is 1. The van der Waals surface area contributed by atoms with Gasteiger partial charge in [0.2, 0.25) is 5.91 Å². The lowest BCUT2D eigenvalue weighted by Gasteiger charge is -2.22. The monoisotopic (exact) mass is 980 g/mol. The van der Waals surface area contributed by atoms with Crippen LogP contribution in [0, 0.1) is 0 Å². The van der Waals surface area contributed by atoms with E-state index in [-0.39, 0.29) is 43.6 Å². The van der Waals surface area contributed by atoms with Gasteiger partial charge in [-0.05, 0) is 96.5 Å². The molecule has 0 radical (unpaired) electrons. The topological polar surface area (TPSA) is 221 Å². The molecule has 0 spiro atoms. The van der Waals surface area contributed by atoms with Crippen molar-refractivity contribution in [3.8, 4) is 23.0 Å². The third kappa shape index (κ3) is 12.8. The Bertz CT molecular complexity index is 3150. The number of fused-ring (bicyclic) bond motifs is 2. The third-order valence-corrected chi connectivity index (χ3v) is 11.3. The van der Waals surface area contributed by atoms with Crippen molar-refractivity contribution in [2.75, 3.05) is 32.1 Å². The van der Waals surface area contributed by atoms with Crippen LogP contribution < -0.4 is 30.7 Å². The summed E-state index contributed by atoms with van der Waals surface area (Å²) >= 11 is 13.0. The Hall–Kier alpha value is -8.24. The summed E-state index contributed by atoms with van der Waals surface area (Å²) in [5.41, 5.74) is 3.59. The minimum Gasteiger partial charge on any atom is -0.505 e. The van der Waals surface area contributed by atoms with Gasteiger partial charge in [0.15, 0.2) is 13.2 Å². The van der Waals surface area contributed by atoms with Gasteiger partial charge in [0.05, 0.1) is 35.1 Å². The summed E-state index contributed by atoms with van der Waals surface area (Å²) in [6, 6.07) is 40.2. The number of phenols is 2. The number of ether oxygens (including phenoxy) is 2. The van der Waals surface area contributed by atoms with E-state index < -0.39 is 29.9 Å². The van der Waals surface area contributed by atoms with Gasteiger partial charge in [-0.25, -0.2) is 0 Å². The van der Waals surface area contributed by atoms with Crippen LogP contribution in [0.15, 0.2) is 158 Å². The lowest BCUT2D eigenvalue weighted by atomic mass is 9.94. The number of aromatic hydroxyl groups is 2. The van der Waals surface area contributed by atoms with Crippen molar-refractivity contribution in [3.63, 3.8) is 0 Å². The molecule has 17 heteroatoms. The fraction of sp³-hybridized carbons (Fsp3) is 0.132. The van der Waals surface area contributed by atoms with Crippen LogP contribution in [0.5, 0.6) is 23.0 Å². The van der Waals surface area contributed by atoms with Gasteiger partial charge in [0.1, 0.15) is 34.0 Å². The van der Waals surface area contributed by atoms with E-state index in [1.807, 2.05) is 24.3 Å². The first-order valence-electron chi connectivity index (χ1n) is 21.7. The lowest BCUT2D eigenvalue weighted by Crippen LogP contribution is -2.33. The smallest absolute Gasteiger partial charge is 0.307 e. The first-order chi connectivity index (χ1) is 33.9. The first kappa shape index (κ1) is 49.7. The maximum Gasteiger partial charge on any atom is 0.307 e. The number of hydrogen-bond donors (Lipinski definition) is 7. The van der Waals surface area contributed by atoms with Gasteiger partial charge >= 0.3 is 5.97 Å². The molecule has 0 bridgehead atoms. The molecule has 2 heterocycles. The van der Waals surface area contributed by atoms with Gasteiger partial charge in [-0.1, -0.05) is 96.0 Å². The molecule has 2 aromatic heterocycles. The number of aromatic nitrogens is 2. The van der Waals surface area contributed by atoms with E-state index in [1.165, 1.54) is 6.20 Å². The van der Waals surface area contributed by atoms with E-state index in [2.05, 4.69) is 31.2 Å². The first-order valence-corrected chi connectivity index (χ1v) is 22.5. The molecule has 2 atom stereocenters. The van der Waals surface area contributed by atoms with Crippen molar-refractivity contribution < 1.29 is 44.0 Å². The molecular weight excluding hydrogens is 936 g/mol. The number of carbonyl (C=O) groups excluding carboxylic acids is 3. The van der Waals surface area contributed by atoms with Gasteiger partial charge in [0, 0.05) is 40.0 Å². The van der Waals surface area contributed by atoms with Crippen LogP contribution in [-0.2, 0) is 25.6 Å². The number of carboxylic acids is 1. The number of carbonyl (C=O) groups is 4. The predicted molar refractivity (Wildman–Crippen MR) is 267 cm³/mol. The molecule has 2 unspecified atom stereocenters. The number of pyridine rings is 2. The SMILES string of the molecule is CNCC(=O)Nc1cccc(C(NC(=O)COc2ccccc2)c2cc(Cl)c3cccnc3c2O)c1.O=C(O)Cc1cccc(C(NC(=O)COc2ccccc2)c2cc(Cl)c3cccnc3c2O)c1. The van der Waals surface area contributed by atoms with Crippen molar-refractivity contribution >= 4 is 74.4 Å². The number of rotatable bonds is 17. The molecule has 70 heavy (non-hydrogen) atoms. The largest absolute Gasteiger partial charge is 0.505 e. The molecule has 0 aliphatic carbocycles. The Labute approximate surface area is 412 Å². The summed E-state index contributed by atoms with van der Waals surface area (Å²) in [5, 5.41) is 44.7. The number of phenolic OH excluding ortho intramolecular Hbond substituents is 2. The summed E-state index contributed by atoms with van der Waals surface area (Å²) < 4.78 is 11.1. The maximum atomic E-state index is 12.9. The summed E-state index contributed by atoms with van der Waals surface area (Å²) in [7, 11) is 1.68. The molecule has 0 aliphatic rings. The highest BCUT2D eigenvalue weighted by Crippen LogP contribution is 2.40. The number of para-hydroxylation sites is 2. The number of nitrogens with zero attached hydrogens (tertiary/aromatic N) is 2. The number of benzene rings is 6. The second kappa shape index (κ2) is 23.7. The minimum absolute atomic E-state index is 0.103. The zero-order valence-electron chi connectivity index (χ0n) is 37.4. The summed E-state index contributed by atoms with van der Waals surface area (Å²) in [6.07, 6.45) is 2.91. The van der Waals surface area contributed by atoms with Crippen LogP contribution in [0.3, 0.4) is 0 Å². The molecule has 15 nitrogen and oxygen atoms in total. The normalized spacial score (nSPS) is 11.6. The highest BCUT2D eigenvalue weighted by atomic mass is 35.5. The quantitative estimate of drug-likeness (QED) is 0.0456. The Morgan fingerprint density at radius 3 is 1.56 bits per heavy atom. The number of anilines is 1. The van der Waals surface area contributed by atoms with Gasteiger partial charge in [-0.2, -0.15) is 0 Å². The molecule has 3 amide bonds. The standard InChI is InChI=1S/C27H25ClN4O4.C26H21ClN2O5/c1-29-15-23(33)31-18-8-5-7-17(13-18)25(32-24(34)16-36-19-9-3-2-4-10-19)21-14-22(28)20-11-6-12-30-26(20)27(21)35;27-21-14-20(26(33)25-19(21)10-5-11-28-25)24(17-7-4-6-16(12-17)13-23(31)32)29-22(30)15-34-18-8-2-1-3-9-18/h2-14,25,29,35H,15-16H2,1H3,(H,31,33)(H,32,34);1-12,14,24,33H,13,15H2,(H,29,30)(H,31,32). The van der Waals surface area contributed by atoms with Crippen LogP contribution in [0.4, 0.5) is 5.69 Å². The molecule has 8 aromatic rings. The summed E-state index contributed by atoms with van der Waals surface area (Å²) in [6.45, 7) is -0.344. The van der Waals surface area contributed by atoms with E-state index in [9.17, 15) is 34.5 Å². The molecule has 356 valence electrons. The van der Waals surface area contributed by atoms with Crippen molar-refractivity contribution in [2.24, 2.45) is 0 Å². The number of likely N-dealkylation sites (N-methyl/N-ethyl adjacent to an activating group) is 1. The molecule has 0 aliphatic heterocycles. The molecule has 0 saturated heterocycles. The minimum atomic E-state index is -0.977. The average Bonchev–Trinajstić information content (AvgIpc) is 3.37. The Balaban J connectivity index is 0.000000207. The highest BCUT2D eigenvalue weighted by Gasteiger charge is 2.26. The molecule has 0 saturated carbocycles. The number of hydrogen-bond acceptors (Lipinski definition) is 11. The zero-order valence-corrected chi connectivity index (χ0v) is 38.9. The number of carboxylic acid groups (broad SMARTS) is 1. The van der Waals surface area contributed by atoms with E-state index >= 15 is 0 Å². The van der Waals surface area contributed by atoms with Crippen molar-refractivity contribution in [3.05, 3.63) is 196 Å². The fourth-order valence-electron chi connectivity index (χ4n) is 7.49. The summed E-state index contributed by atoms with van der Waals surface area (Å²) in [5.74, 6) is -1.18. The summed E-state index contributed by atoms with van der Waals surface area (Å²) in [4.78, 5) is 57.6. The molecule has 7 N–H and O–H groups in total. The van der Waals surface area contributed by atoms with Crippen LogP contribution in [0.2, 0.25) is 10.0 Å². The van der Waals surface area contributed by atoms with Crippen molar-refractivity contribution in [1.82, 2.24) is 25.9 Å². The van der Waals surface area contributed by atoms with Crippen LogP contribution in [-0.4, -0.2) is 75.8 Å².